The Morgan fingerprint density at radius 2 is 1.59 bits per heavy atom. The molecular formula is C13H11F2NS. The van der Waals surface area contributed by atoms with Crippen LogP contribution in [0.15, 0.2) is 46.2 Å². The fourth-order valence-corrected chi connectivity index (χ4v) is 2.33. The van der Waals surface area contributed by atoms with Crippen molar-refractivity contribution in [3.8, 4) is 0 Å². The molecule has 0 aliphatic carbocycles. The van der Waals surface area contributed by atoms with Gasteiger partial charge in [-0.05, 0) is 48.9 Å². The Morgan fingerprint density at radius 1 is 0.941 bits per heavy atom. The summed E-state index contributed by atoms with van der Waals surface area (Å²) in [5, 5.41) is 0. The zero-order valence-electron chi connectivity index (χ0n) is 9.21. The summed E-state index contributed by atoms with van der Waals surface area (Å²) in [6, 6.07) is 9.44. The first kappa shape index (κ1) is 11.9. The van der Waals surface area contributed by atoms with Crippen molar-refractivity contribution >= 4 is 17.4 Å². The van der Waals surface area contributed by atoms with Crippen LogP contribution in [-0.4, -0.2) is 0 Å². The Bertz CT molecular complexity index is 506. The molecule has 2 rings (SSSR count). The number of nitrogens with two attached hydrogens (primary N) is 1. The summed E-state index contributed by atoms with van der Waals surface area (Å²) in [5.74, 6) is -1.66. The largest absolute Gasteiger partial charge is 0.399 e. The molecule has 0 fully saturated rings. The second-order valence-electron chi connectivity index (χ2n) is 3.70. The number of hydrogen-bond donors (Lipinski definition) is 1. The molecule has 0 radical (unpaired) electrons. The van der Waals surface area contributed by atoms with Crippen molar-refractivity contribution in [3.63, 3.8) is 0 Å². The smallest absolute Gasteiger partial charge is 0.159 e. The molecule has 4 heteroatoms. The summed E-state index contributed by atoms with van der Waals surface area (Å²) in [7, 11) is 0. The van der Waals surface area contributed by atoms with Gasteiger partial charge >= 0.3 is 0 Å². The van der Waals surface area contributed by atoms with Crippen molar-refractivity contribution in [2.45, 2.75) is 16.7 Å². The number of halogens is 2. The molecule has 0 aliphatic rings. The van der Waals surface area contributed by atoms with Crippen LogP contribution < -0.4 is 5.73 Å². The van der Waals surface area contributed by atoms with E-state index in [-0.39, 0.29) is 0 Å². The molecule has 0 saturated heterocycles. The van der Waals surface area contributed by atoms with E-state index in [1.54, 1.807) is 12.1 Å². The van der Waals surface area contributed by atoms with Gasteiger partial charge in [0, 0.05) is 15.5 Å². The summed E-state index contributed by atoms with van der Waals surface area (Å²) < 4.78 is 25.8. The lowest BCUT2D eigenvalue weighted by Gasteiger charge is -2.05. The van der Waals surface area contributed by atoms with E-state index in [0.717, 1.165) is 22.2 Å². The predicted molar refractivity (Wildman–Crippen MR) is 66.1 cm³/mol. The summed E-state index contributed by atoms with van der Waals surface area (Å²) in [4.78, 5) is 1.61. The number of benzene rings is 2. The van der Waals surface area contributed by atoms with Crippen LogP contribution in [0.5, 0.6) is 0 Å². The molecule has 1 nitrogen and oxygen atoms in total. The second-order valence-corrected chi connectivity index (χ2v) is 4.84. The average molecular weight is 251 g/mol. The maximum absolute atomic E-state index is 13.0. The molecule has 0 atom stereocenters. The van der Waals surface area contributed by atoms with Crippen molar-refractivity contribution in [2.24, 2.45) is 0 Å². The van der Waals surface area contributed by atoms with Crippen LogP contribution in [0.4, 0.5) is 14.5 Å². The molecule has 0 bridgehead atoms. The topological polar surface area (TPSA) is 26.0 Å². The quantitative estimate of drug-likeness (QED) is 0.816. The third-order valence-corrected chi connectivity index (χ3v) is 3.35. The van der Waals surface area contributed by atoms with E-state index in [1.165, 1.54) is 17.8 Å². The van der Waals surface area contributed by atoms with Crippen LogP contribution >= 0.6 is 11.8 Å². The number of hydrogen-bond acceptors (Lipinski definition) is 2. The van der Waals surface area contributed by atoms with Gasteiger partial charge in [-0.2, -0.15) is 0 Å². The molecule has 88 valence electrons. The molecule has 0 heterocycles. The van der Waals surface area contributed by atoms with Gasteiger partial charge in [0.25, 0.3) is 0 Å². The lowest BCUT2D eigenvalue weighted by Crippen LogP contribution is -1.89. The van der Waals surface area contributed by atoms with Crippen LogP contribution in [-0.2, 0) is 0 Å². The number of nitrogen functional groups attached to an aromatic ring is 1. The lowest BCUT2D eigenvalue weighted by molar-refractivity contribution is 0.506. The maximum atomic E-state index is 13.0. The molecule has 0 amide bonds. The zero-order valence-corrected chi connectivity index (χ0v) is 10.0. The molecule has 0 aliphatic heterocycles. The molecule has 2 aromatic carbocycles. The van der Waals surface area contributed by atoms with Gasteiger partial charge in [0.1, 0.15) is 0 Å². The Morgan fingerprint density at radius 3 is 2.24 bits per heavy atom. The first-order valence-electron chi connectivity index (χ1n) is 5.05. The van der Waals surface area contributed by atoms with Gasteiger partial charge in [0.2, 0.25) is 0 Å². The van der Waals surface area contributed by atoms with Gasteiger partial charge in [0.15, 0.2) is 11.6 Å². The molecule has 2 aromatic rings. The van der Waals surface area contributed by atoms with Crippen molar-refractivity contribution in [2.75, 3.05) is 5.73 Å². The Hall–Kier alpha value is -1.55. The van der Waals surface area contributed by atoms with Crippen molar-refractivity contribution in [1.82, 2.24) is 0 Å². The van der Waals surface area contributed by atoms with Crippen LogP contribution in [0.1, 0.15) is 5.56 Å². The third-order valence-electron chi connectivity index (χ3n) is 2.37. The summed E-state index contributed by atoms with van der Waals surface area (Å²) in [5.41, 5.74) is 7.40. The Kier molecular flexibility index (Phi) is 3.33. The highest BCUT2D eigenvalue weighted by Gasteiger charge is 2.04. The van der Waals surface area contributed by atoms with Gasteiger partial charge in [-0.15, -0.1) is 0 Å². The molecule has 0 aromatic heterocycles. The highest BCUT2D eigenvalue weighted by atomic mass is 32.2. The van der Waals surface area contributed by atoms with Gasteiger partial charge in [0.05, 0.1) is 0 Å². The van der Waals surface area contributed by atoms with Crippen LogP contribution in [0.2, 0.25) is 0 Å². The van der Waals surface area contributed by atoms with Crippen molar-refractivity contribution in [1.29, 1.82) is 0 Å². The van der Waals surface area contributed by atoms with Gasteiger partial charge in [-0.3, -0.25) is 0 Å². The minimum absolute atomic E-state index is 0.660. The zero-order chi connectivity index (χ0) is 12.4. The first-order chi connectivity index (χ1) is 8.06. The van der Waals surface area contributed by atoms with Crippen molar-refractivity contribution < 1.29 is 8.78 Å². The SMILES string of the molecule is Cc1cc(Sc2ccc(F)c(F)c2)ccc1N. The van der Waals surface area contributed by atoms with E-state index in [4.69, 9.17) is 5.73 Å². The molecule has 0 unspecified atom stereocenters. The monoisotopic (exact) mass is 251 g/mol. The van der Waals surface area contributed by atoms with E-state index in [9.17, 15) is 8.78 Å². The molecule has 0 spiro atoms. The van der Waals surface area contributed by atoms with E-state index in [0.29, 0.717) is 4.90 Å². The molecule has 17 heavy (non-hydrogen) atoms. The van der Waals surface area contributed by atoms with Gasteiger partial charge in [-0.1, -0.05) is 11.8 Å². The fraction of sp³-hybridized carbons (Fsp3) is 0.0769. The van der Waals surface area contributed by atoms with Gasteiger partial charge < -0.3 is 5.73 Å². The minimum Gasteiger partial charge on any atom is -0.399 e. The summed E-state index contributed by atoms with van der Waals surface area (Å²) in [6.45, 7) is 1.91. The van der Waals surface area contributed by atoms with Crippen LogP contribution in [0.25, 0.3) is 0 Å². The minimum atomic E-state index is -0.831. The number of rotatable bonds is 2. The standard InChI is InChI=1S/C13H11F2NS/c1-8-6-9(3-5-13(8)16)17-10-2-4-11(14)12(15)7-10/h2-7H,16H2,1H3. The lowest BCUT2D eigenvalue weighted by atomic mass is 10.2. The fourth-order valence-electron chi connectivity index (χ4n) is 1.39. The predicted octanol–water partition coefficient (Wildman–Crippen LogP) is 4.01. The van der Waals surface area contributed by atoms with Crippen LogP contribution in [0.3, 0.4) is 0 Å². The number of aryl methyl sites for hydroxylation is 1. The second kappa shape index (κ2) is 4.75. The average Bonchev–Trinajstić information content (AvgIpc) is 2.29. The van der Waals surface area contributed by atoms with E-state index in [2.05, 4.69) is 0 Å². The maximum Gasteiger partial charge on any atom is 0.159 e. The van der Waals surface area contributed by atoms with E-state index >= 15 is 0 Å². The molecule has 0 saturated carbocycles. The molecular weight excluding hydrogens is 240 g/mol. The molecule has 2 N–H and O–H groups in total. The van der Waals surface area contributed by atoms with Crippen molar-refractivity contribution in [3.05, 3.63) is 53.6 Å². The van der Waals surface area contributed by atoms with Gasteiger partial charge in [-0.25, -0.2) is 8.78 Å². The third kappa shape index (κ3) is 2.77. The number of anilines is 1. The normalized spacial score (nSPS) is 10.5. The Balaban J connectivity index is 2.25. The first-order valence-corrected chi connectivity index (χ1v) is 5.87. The Labute approximate surface area is 103 Å². The van der Waals surface area contributed by atoms with E-state index < -0.39 is 11.6 Å². The highest BCUT2D eigenvalue weighted by molar-refractivity contribution is 7.99. The van der Waals surface area contributed by atoms with E-state index in [1.807, 2.05) is 19.1 Å². The summed E-state index contributed by atoms with van der Waals surface area (Å²) >= 11 is 1.37. The highest BCUT2D eigenvalue weighted by Crippen LogP contribution is 2.30. The van der Waals surface area contributed by atoms with Crippen LogP contribution in [0, 0.1) is 18.6 Å². The summed E-state index contributed by atoms with van der Waals surface area (Å²) in [6.07, 6.45) is 0.